The van der Waals surface area contributed by atoms with Crippen LogP contribution in [0, 0.1) is 46.2 Å². The molecule has 0 heterocycles. The highest BCUT2D eigenvalue weighted by Crippen LogP contribution is 2.42. The van der Waals surface area contributed by atoms with Gasteiger partial charge in [-0.1, -0.05) is 11.8 Å². The van der Waals surface area contributed by atoms with Crippen LogP contribution >= 0.6 is 24.4 Å². The van der Waals surface area contributed by atoms with Gasteiger partial charge in [0.2, 0.25) is 0 Å². The summed E-state index contributed by atoms with van der Waals surface area (Å²) in [7, 11) is 0. The van der Waals surface area contributed by atoms with Crippen LogP contribution in [-0.4, -0.2) is 10.5 Å². The number of thiol groups is 1. The van der Waals surface area contributed by atoms with E-state index < -0.39 is 0 Å². The van der Waals surface area contributed by atoms with Crippen LogP contribution in [0.4, 0.5) is 0 Å². The number of rotatable bonds is 2. The third-order valence-electron chi connectivity index (χ3n) is 6.57. The summed E-state index contributed by atoms with van der Waals surface area (Å²) in [5.41, 5.74) is 0. The monoisotopic (exact) mass is 361 g/mol. The zero-order valence-electron chi connectivity index (χ0n) is 14.8. The first-order valence-corrected chi connectivity index (χ1v) is 11.4. The van der Waals surface area contributed by atoms with Crippen molar-refractivity contribution in [2.24, 2.45) is 23.7 Å². The average molecular weight is 362 g/mol. The third kappa shape index (κ3) is 5.37. The van der Waals surface area contributed by atoms with E-state index >= 15 is 0 Å². The van der Waals surface area contributed by atoms with Crippen LogP contribution in [0.5, 0.6) is 0 Å². The van der Waals surface area contributed by atoms with E-state index in [9.17, 15) is 0 Å². The van der Waals surface area contributed by atoms with Gasteiger partial charge in [-0.25, -0.2) is 0 Å². The van der Waals surface area contributed by atoms with E-state index in [2.05, 4.69) is 29.9 Å². The Bertz CT molecular complexity index is 476. The number of thioether (sulfide) groups is 1. The molecule has 3 aliphatic rings. The van der Waals surface area contributed by atoms with Crippen molar-refractivity contribution >= 4 is 24.4 Å². The predicted molar refractivity (Wildman–Crippen MR) is 107 cm³/mol. The van der Waals surface area contributed by atoms with Crippen molar-refractivity contribution in [2.45, 2.75) is 87.5 Å². The molecule has 3 rings (SSSR count). The maximum absolute atomic E-state index is 8.82. The minimum absolute atomic E-state index is 0.612. The van der Waals surface area contributed by atoms with Crippen molar-refractivity contribution < 1.29 is 0 Å². The lowest BCUT2D eigenvalue weighted by molar-refractivity contribution is 0.184. The average Bonchev–Trinajstić information content (AvgIpc) is 2.63. The van der Waals surface area contributed by atoms with Crippen molar-refractivity contribution in [3.05, 3.63) is 0 Å². The molecule has 0 aromatic heterocycles. The Morgan fingerprint density at radius 1 is 0.667 bits per heavy atom. The van der Waals surface area contributed by atoms with Gasteiger partial charge in [-0.3, -0.25) is 0 Å². The van der Waals surface area contributed by atoms with E-state index in [1.807, 2.05) is 0 Å². The maximum Gasteiger partial charge on any atom is 0.133 e. The first-order chi connectivity index (χ1) is 11.7. The summed E-state index contributed by atoms with van der Waals surface area (Å²) in [6.07, 6.45) is 15.7. The van der Waals surface area contributed by atoms with Crippen molar-refractivity contribution in [1.82, 2.24) is 0 Å². The standard InChI is InChI=1S/C21H31NS2/c22-15-24-21-13-9-19(10-14-21)18-7-3-16(4-8-18)1-2-17-5-11-20(23)12-6-17/h16-21,23H,3-14H2. The number of nitrogens with zero attached hydrogens (tertiary/aromatic N) is 1. The Balaban J connectivity index is 1.38. The molecule has 3 aliphatic carbocycles. The molecule has 0 N–H and O–H groups in total. The number of nitriles is 1. The van der Waals surface area contributed by atoms with Gasteiger partial charge in [0.25, 0.3) is 0 Å². The minimum atomic E-state index is 0.612. The van der Waals surface area contributed by atoms with Gasteiger partial charge in [0.05, 0.1) is 0 Å². The Labute approximate surface area is 158 Å². The fraction of sp³-hybridized carbons (Fsp3) is 0.857. The quantitative estimate of drug-likeness (QED) is 0.367. The van der Waals surface area contributed by atoms with E-state index in [0.29, 0.717) is 22.3 Å². The molecule has 3 heteroatoms. The molecule has 0 radical (unpaired) electrons. The van der Waals surface area contributed by atoms with Crippen LogP contribution in [0.1, 0.15) is 77.0 Å². The van der Waals surface area contributed by atoms with Gasteiger partial charge < -0.3 is 0 Å². The minimum Gasteiger partial charge on any atom is -0.185 e. The smallest absolute Gasteiger partial charge is 0.133 e. The zero-order valence-corrected chi connectivity index (χ0v) is 16.5. The maximum atomic E-state index is 8.82. The molecule has 0 amide bonds. The molecule has 0 unspecified atom stereocenters. The van der Waals surface area contributed by atoms with Gasteiger partial charge in [-0.05, 0) is 101 Å². The Morgan fingerprint density at radius 3 is 1.62 bits per heavy atom. The Hall–Kier alpha value is -0.250. The Kier molecular flexibility index (Phi) is 7.30. The molecule has 3 fully saturated rings. The predicted octanol–water partition coefficient (Wildman–Crippen LogP) is 6.06. The summed E-state index contributed by atoms with van der Waals surface area (Å²) in [5, 5.41) is 12.3. The third-order valence-corrected chi connectivity index (χ3v) is 7.99. The first kappa shape index (κ1) is 18.5. The highest BCUT2D eigenvalue weighted by Gasteiger charge is 2.30. The number of thiocyanates is 1. The lowest BCUT2D eigenvalue weighted by Crippen LogP contribution is -2.26. The number of hydrogen-bond acceptors (Lipinski definition) is 3. The van der Waals surface area contributed by atoms with Crippen molar-refractivity contribution in [2.75, 3.05) is 0 Å². The van der Waals surface area contributed by atoms with Gasteiger partial charge in [0.1, 0.15) is 5.40 Å². The van der Waals surface area contributed by atoms with E-state index in [1.165, 1.54) is 88.8 Å². The number of hydrogen-bond donors (Lipinski definition) is 1. The van der Waals surface area contributed by atoms with Crippen LogP contribution in [0.25, 0.3) is 0 Å². The van der Waals surface area contributed by atoms with Crippen LogP contribution in [0.3, 0.4) is 0 Å². The topological polar surface area (TPSA) is 23.8 Å². The Morgan fingerprint density at radius 2 is 1.12 bits per heavy atom. The van der Waals surface area contributed by atoms with Crippen molar-refractivity contribution in [3.8, 4) is 17.2 Å². The van der Waals surface area contributed by atoms with Gasteiger partial charge in [-0.15, -0.1) is 0 Å². The van der Waals surface area contributed by atoms with Crippen LogP contribution in [0.15, 0.2) is 0 Å². The molecule has 0 spiro atoms. The van der Waals surface area contributed by atoms with E-state index in [-0.39, 0.29) is 0 Å². The zero-order chi connectivity index (χ0) is 16.8. The lowest BCUT2D eigenvalue weighted by atomic mass is 9.71. The molecule has 132 valence electrons. The lowest BCUT2D eigenvalue weighted by Gasteiger charge is -2.36. The largest absolute Gasteiger partial charge is 0.185 e. The molecule has 3 saturated carbocycles. The summed E-state index contributed by atoms with van der Waals surface area (Å²) < 4.78 is 0. The van der Waals surface area contributed by atoms with Gasteiger partial charge in [-0.2, -0.15) is 17.9 Å². The first-order valence-electron chi connectivity index (χ1n) is 9.98. The normalized spacial score (nSPS) is 40.2. The van der Waals surface area contributed by atoms with Crippen LogP contribution in [-0.2, 0) is 0 Å². The van der Waals surface area contributed by atoms with Gasteiger partial charge in [0, 0.05) is 22.3 Å². The molecular formula is C21H31NS2. The summed E-state index contributed by atoms with van der Waals surface area (Å²) >= 11 is 6.09. The second-order valence-electron chi connectivity index (χ2n) is 8.15. The highest BCUT2D eigenvalue weighted by molar-refractivity contribution is 8.04. The fourth-order valence-electron chi connectivity index (χ4n) is 4.94. The SMILES string of the molecule is N#CSC1CCC(C2CCC(C#CC3CCC(S)CC3)CC2)CC1. The molecule has 0 atom stereocenters. The molecule has 0 aromatic carbocycles. The van der Waals surface area contributed by atoms with Gasteiger partial charge in [0.15, 0.2) is 0 Å². The molecule has 0 aromatic rings. The second-order valence-corrected chi connectivity index (χ2v) is 9.97. The second kappa shape index (κ2) is 9.45. The summed E-state index contributed by atoms with van der Waals surface area (Å²) in [5.74, 6) is 10.4. The highest BCUT2D eigenvalue weighted by atomic mass is 32.2. The van der Waals surface area contributed by atoms with Crippen LogP contribution < -0.4 is 0 Å². The van der Waals surface area contributed by atoms with Crippen LogP contribution in [0.2, 0.25) is 0 Å². The summed E-state index contributed by atoms with van der Waals surface area (Å²) in [6.45, 7) is 0. The van der Waals surface area contributed by atoms with Crippen molar-refractivity contribution in [3.63, 3.8) is 0 Å². The molecular weight excluding hydrogens is 330 g/mol. The van der Waals surface area contributed by atoms with E-state index in [4.69, 9.17) is 5.26 Å². The van der Waals surface area contributed by atoms with E-state index in [0.717, 1.165) is 11.8 Å². The molecule has 0 bridgehead atoms. The molecule has 0 aliphatic heterocycles. The molecule has 1 nitrogen and oxygen atoms in total. The summed E-state index contributed by atoms with van der Waals surface area (Å²) in [6, 6.07) is 0. The summed E-state index contributed by atoms with van der Waals surface area (Å²) in [4.78, 5) is 0. The molecule has 24 heavy (non-hydrogen) atoms. The van der Waals surface area contributed by atoms with Crippen molar-refractivity contribution in [1.29, 1.82) is 5.26 Å². The van der Waals surface area contributed by atoms with Gasteiger partial charge >= 0.3 is 0 Å². The van der Waals surface area contributed by atoms with E-state index in [1.54, 1.807) is 0 Å². The molecule has 0 saturated heterocycles. The fourth-order valence-corrected chi connectivity index (χ4v) is 5.90.